The van der Waals surface area contributed by atoms with Crippen LogP contribution in [-0.2, 0) is 14.3 Å². The number of piperidine rings is 6. The average molecular weight is 774 g/mol. The number of hydrogen-bond acceptors (Lipinski definition) is 10. The Labute approximate surface area is 332 Å². The highest BCUT2D eigenvalue weighted by Gasteiger charge is 2.46. The zero-order valence-corrected chi connectivity index (χ0v) is 33.9. The molecule has 1 spiro atoms. The zero-order valence-electron chi connectivity index (χ0n) is 33.9. The summed E-state index contributed by atoms with van der Waals surface area (Å²) in [5, 5.41) is 2.28. The fourth-order valence-electron chi connectivity index (χ4n) is 10.9. The van der Waals surface area contributed by atoms with E-state index in [4.69, 9.17) is 4.74 Å². The third kappa shape index (κ3) is 8.36. The molecule has 1 N–H and O–H groups in total. The van der Waals surface area contributed by atoms with Gasteiger partial charge in [0.15, 0.2) is 0 Å². The van der Waals surface area contributed by atoms with E-state index in [0.29, 0.717) is 23.2 Å². The van der Waals surface area contributed by atoms with Crippen molar-refractivity contribution in [2.45, 2.75) is 122 Å². The van der Waals surface area contributed by atoms with Crippen molar-refractivity contribution in [3.8, 4) is 0 Å². The van der Waals surface area contributed by atoms with Gasteiger partial charge in [0.1, 0.15) is 11.6 Å². The van der Waals surface area contributed by atoms with Crippen molar-refractivity contribution in [3.63, 3.8) is 0 Å². The van der Waals surface area contributed by atoms with Gasteiger partial charge >= 0.3 is 6.09 Å². The number of anilines is 1. The van der Waals surface area contributed by atoms with Gasteiger partial charge in [0.05, 0.1) is 11.1 Å². The molecule has 0 saturated carbocycles. The van der Waals surface area contributed by atoms with E-state index >= 15 is 0 Å². The van der Waals surface area contributed by atoms with E-state index in [1.807, 2.05) is 37.8 Å². The Bertz CT molecular complexity index is 1660. The molecule has 1 atom stereocenters. The van der Waals surface area contributed by atoms with Crippen LogP contribution >= 0.6 is 0 Å². The topological polar surface area (TPSA) is 126 Å². The summed E-state index contributed by atoms with van der Waals surface area (Å²) in [6.45, 7) is 17.5. The summed E-state index contributed by atoms with van der Waals surface area (Å²) in [4.78, 5) is 77.0. The molecule has 13 heteroatoms. The maximum absolute atomic E-state index is 13.5. The minimum absolute atomic E-state index is 0.115. The lowest BCUT2D eigenvalue weighted by Crippen LogP contribution is -2.54. The van der Waals surface area contributed by atoms with E-state index < -0.39 is 29.4 Å². The number of amides is 5. The first kappa shape index (κ1) is 39.3. The van der Waals surface area contributed by atoms with E-state index in [0.717, 1.165) is 75.0 Å². The molecule has 1 aromatic rings. The van der Waals surface area contributed by atoms with Gasteiger partial charge in [0.25, 0.3) is 11.8 Å². The molecule has 306 valence electrons. The molecule has 1 unspecified atom stereocenters. The first-order valence-electron chi connectivity index (χ1n) is 21.6. The number of likely N-dealkylation sites (tertiary alicyclic amines) is 4. The predicted molar refractivity (Wildman–Crippen MR) is 212 cm³/mol. The van der Waals surface area contributed by atoms with Crippen LogP contribution in [0, 0.1) is 11.3 Å². The lowest BCUT2D eigenvalue weighted by Gasteiger charge is -2.50. The predicted octanol–water partition coefficient (Wildman–Crippen LogP) is 4.35. The second-order valence-electron chi connectivity index (χ2n) is 18.9. The Kier molecular flexibility index (Phi) is 11.2. The molecule has 0 aromatic heterocycles. The van der Waals surface area contributed by atoms with Crippen molar-refractivity contribution in [2.75, 3.05) is 76.9 Å². The molecule has 56 heavy (non-hydrogen) atoms. The molecule has 7 aliphatic heterocycles. The van der Waals surface area contributed by atoms with Gasteiger partial charge in [0.2, 0.25) is 11.8 Å². The van der Waals surface area contributed by atoms with Gasteiger partial charge in [-0.25, -0.2) is 4.79 Å². The number of fused-ring (bicyclic) bond motifs is 1. The Morgan fingerprint density at radius 1 is 0.768 bits per heavy atom. The third-order valence-corrected chi connectivity index (χ3v) is 14.2. The third-order valence-electron chi connectivity index (χ3n) is 14.2. The van der Waals surface area contributed by atoms with E-state index in [9.17, 15) is 24.0 Å². The number of nitrogens with one attached hydrogen (secondary N) is 1. The number of carbonyl (C=O) groups is 5. The highest BCUT2D eigenvalue weighted by molar-refractivity contribution is 6.23. The van der Waals surface area contributed by atoms with Gasteiger partial charge in [0, 0.05) is 56.9 Å². The summed E-state index contributed by atoms with van der Waals surface area (Å²) in [6, 6.07) is 5.87. The molecule has 5 amide bonds. The lowest BCUT2D eigenvalue weighted by molar-refractivity contribution is -0.136. The summed E-state index contributed by atoms with van der Waals surface area (Å²) < 4.78 is 5.60. The number of rotatable bonds is 6. The average Bonchev–Trinajstić information content (AvgIpc) is 3.43. The monoisotopic (exact) mass is 773 g/mol. The van der Waals surface area contributed by atoms with Gasteiger partial charge in [-0.1, -0.05) is 0 Å². The molecule has 7 aliphatic rings. The summed E-state index contributed by atoms with van der Waals surface area (Å²) in [6.07, 6.45) is 12.0. The molecule has 13 nitrogen and oxygen atoms in total. The van der Waals surface area contributed by atoms with Crippen molar-refractivity contribution < 1.29 is 28.7 Å². The molecule has 7 heterocycles. The van der Waals surface area contributed by atoms with E-state index in [1.54, 1.807) is 6.07 Å². The van der Waals surface area contributed by atoms with Crippen molar-refractivity contribution in [1.82, 2.24) is 29.8 Å². The molecular formula is C43H63N7O6. The number of hydrogen-bond donors (Lipinski definition) is 1. The highest BCUT2D eigenvalue weighted by Crippen LogP contribution is 2.43. The molecule has 6 fully saturated rings. The van der Waals surface area contributed by atoms with Gasteiger partial charge in [-0.15, -0.1) is 0 Å². The number of benzene rings is 1. The Morgan fingerprint density at radius 2 is 1.41 bits per heavy atom. The van der Waals surface area contributed by atoms with Crippen molar-refractivity contribution >= 4 is 35.4 Å². The van der Waals surface area contributed by atoms with Gasteiger partial charge in [-0.2, -0.15) is 0 Å². The lowest BCUT2D eigenvalue weighted by atomic mass is 9.72. The summed E-state index contributed by atoms with van der Waals surface area (Å²) in [5.41, 5.74) is 1.48. The largest absolute Gasteiger partial charge is 0.444 e. The standard InChI is InChI=1S/C43H63N7O6/c1-42(2,3)56-41(55)48-23-13-32(14-24-48)46-21-9-30(10-22-46)28-45-19-11-31(12-20-45)47-25-16-43(17-26-47)15-4-18-49(29-43)33-5-6-34-35(27-33)40(54)50(39(34)53)36-7-8-37(51)44-38(36)52/h5-6,27,30-32,36H,4,7-26,28-29H2,1-3H3,(H,44,51,52). The highest BCUT2D eigenvalue weighted by atomic mass is 16.6. The van der Waals surface area contributed by atoms with Crippen LogP contribution in [0.3, 0.4) is 0 Å². The normalized spacial score (nSPS) is 26.9. The van der Waals surface area contributed by atoms with Crippen LogP contribution in [-0.4, -0.2) is 150 Å². The fraction of sp³-hybridized carbons (Fsp3) is 0.744. The summed E-state index contributed by atoms with van der Waals surface area (Å²) >= 11 is 0. The van der Waals surface area contributed by atoms with Crippen LogP contribution < -0.4 is 10.2 Å². The number of ether oxygens (including phenoxy) is 1. The van der Waals surface area contributed by atoms with Crippen LogP contribution in [0.25, 0.3) is 0 Å². The van der Waals surface area contributed by atoms with Crippen LogP contribution in [0.15, 0.2) is 18.2 Å². The van der Waals surface area contributed by atoms with Crippen LogP contribution in [0.1, 0.15) is 119 Å². The first-order chi connectivity index (χ1) is 26.8. The maximum atomic E-state index is 13.5. The second-order valence-corrected chi connectivity index (χ2v) is 18.9. The molecular weight excluding hydrogens is 711 g/mol. The SMILES string of the molecule is CC(C)(C)OC(=O)N1CCC(N2CCC(CN3CCC(N4CCC5(CCCN(c6ccc7c(c6)C(=O)N(C6CCC(=O)NC6=O)C7=O)C5)CC4)CC3)CC2)CC1. The van der Waals surface area contributed by atoms with E-state index in [1.165, 1.54) is 77.7 Å². The second kappa shape index (κ2) is 16.0. The minimum atomic E-state index is -0.946. The molecule has 1 aromatic carbocycles. The fourth-order valence-corrected chi connectivity index (χ4v) is 10.9. The summed E-state index contributed by atoms with van der Waals surface area (Å²) in [5.74, 6) is -1.06. The molecule has 0 radical (unpaired) electrons. The molecule has 0 aliphatic carbocycles. The Balaban J connectivity index is 0.762. The minimum Gasteiger partial charge on any atom is -0.444 e. The Morgan fingerprint density at radius 3 is 2.07 bits per heavy atom. The van der Waals surface area contributed by atoms with Crippen LogP contribution in [0.5, 0.6) is 0 Å². The smallest absolute Gasteiger partial charge is 0.410 e. The quantitative estimate of drug-likeness (QED) is 0.418. The number of nitrogens with zero attached hydrogens (tertiary/aromatic N) is 6. The van der Waals surface area contributed by atoms with Gasteiger partial charge in [-0.05, 0) is 160 Å². The molecule has 6 saturated heterocycles. The Hall–Kier alpha value is -3.55. The number of carbonyl (C=O) groups excluding carboxylic acids is 5. The molecule has 8 rings (SSSR count). The zero-order chi connectivity index (χ0) is 39.2. The van der Waals surface area contributed by atoms with E-state index in [2.05, 4.69) is 24.9 Å². The first-order valence-corrected chi connectivity index (χ1v) is 21.6. The van der Waals surface area contributed by atoms with Crippen LogP contribution in [0.2, 0.25) is 0 Å². The van der Waals surface area contributed by atoms with Crippen molar-refractivity contribution in [3.05, 3.63) is 29.3 Å². The van der Waals surface area contributed by atoms with Crippen molar-refractivity contribution in [2.24, 2.45) is 11.3 Å². The van der Waals surface area contributed by atoms with E-state index in [-0.39, 0.29) is 30.3 Å². The van der Waals surface area contributed by atoms with Crippen molar-refractivity contribution in [1.29, 1.82) is 0 Å². The maximum Gasteiger partial charge on any atom is 0.410 e. The van der Waals surface area contributed by atoms with Gasteiger partial charge < -0.3 is 29.2 Å². The summed E-state index contributed by atoms with van der Waals surface area (Å²) in [7, 11) is 0. The van der Waals surface area contributed by atoms with Crippen LogP contribution in [0.4, 0.5) is 10.5 Å². The number of imide groups is 2. The molecule has 0 bridgehead atoms. The van der Waals surface area contributed by atoms with Gasteiger partial charge in [-0.3, -0.25) is 29.4 Å².